The van der Waals surface area contributed by atoms with Crippen molar-refractivity contribution in [1.29, 1.82) is 0 Å². The first kappa shape index (κ1) is 37.2. The molecule has 4 rings (SSSR count). The van der Waals surface area contributed by atoms with E-state index in [0.29, 0.717) is 25.7 Å². The fourth-order valence-electron chi connectivity index (χ4n) is 5.15. The van der Waals surface area contributed by atoms with Gasteiger partial charge in [0.05, 0.1) is 27.6 Å². The first-order chi connectivity index (χ1) is 23.6. The van der Waals surface area contributed by atoms with E-state index in [9.17, 15) is 19.2 Å². The third-order valence-corrected chi connectivity index (χ3v) is 9.70. The van der Waals surface area contributed by atoms with E-state index in [-0.39, 0.29) is 25.1 Å². The molecule has 11 nitrogen and oxygen atoms in total. The van der Waals surface area contributed by atoms with Gasteiger partial charge in [-0.2, -0.15) is 0 Å². The Morgan fingerprint density at radius 3 is 2.00 bits per heavy atom. The molecule has 0 fully saturated rings. The monoisotopic (exact) mass is 704 g/mol. The zero-order valence-electron chi connectivity index (χ0n) is 28.3. The molecule has 2 heterocycles. The minimum absolute atomic E-state index is 0.122. The Labute approximate surface area is 295 Å². The molecule has 3 atom stereocenters. The molecule has 2 aromatic heterocycles. The minimum Gasteiger partial charge on any atom is -0.444 e. The number of nitrogens with one attached hydrogen (secondary N) is 3. The second-order valence-electron chi connectivity index (χ2n) is 12.2. The van der Waals surface area contributed by atoms with Crippen LogP contribution >= 0.6 is 22.7 Å². The summed E-state index contributed by atoms with van der Waals surface area (Å²) in [6, 6.07) is 16.9. The molecule has 49 heavy (non-hydrogen) atoms. The molecule has 3 unspecified atom stereocenters. The lowest BCUT2D eigenvalue weighted by molar-refractivity contribution is -0.130. The fourth-order valence-corrected chi connectivity index (χ4v) is 6.49. The Kier molecular flexibility index (Phi) is 14.3. The average molecular weight is 705 g/mol. The van der Waals surface area contributed by atoms with Gasteiger partial charge in [0.25, 0.3) is 5.91 Å². The highest BCUT2D eigenvalue weighted by molar-refractivity contribution is 7.09. The Morgan fingerprint density at radius 2 is 1.47 bits per heavy atom. The quantitative estimate of drug-likeness (QED) is 0.117. The molecule has 0 bridgehead atoms. The smallest absolute Gasteiger partial charge is 0.407 e. The lowest BCUT2D eigenvalue weighted by Crippen LogP contribution is -2.55. The molecular formula is C36H44N6O5S2. The Bertz CT molecular complexity index is 1630. The molecule has 260 valence electrons. The number of nitrogens with zero attached hydrogens (tertiary/aromatic N) is 3. The van der Waals surface area contributed by atoms with Gasteiger partial charge in [0.15, 0.2) is 11.8 Å². The van der Waals surface area contributed by atoms with Crippen LogP contribution in [-0.2, 0) is 40.3 Å². The number of amides is 4. The lowest BCUT2D eigenvalue weighted by Gasteiger charge is -2.26. The van der Waals surface area contributed by atoms with Crippen molar-refractivity contribution in [3.05, 3.63) is 104 Å². The lowest BCUT2D eigenvalue weighted by atomic mass is 9.95. The van der Waals surface area contributed by atoms with Gasteiger partial charge in [-0.1, -0.05) is 74.5 Å². The predicted octanol–water partition coefficient (Wildman–Crippen LogP) is 5.87. The zero-order valence-corrected chi connectivity index (χ0v) is 29.9. The number of benzene rings is 2. The first-order valence-electron chi connectivity index (χ1n) is 16.2. The van der Waals surface area contributed by atoms with Crippen LogP contribution in [0.1, 0.15) is 66.2 Å². The molecule has 4 amide bonds. The summed E-state index contributed by atoms with van der Waals surface area (Å²) in [5, 5.41) is 11.5. The number of alkyl carbamates (subject to hydrolysis) is 1. The number of hydrogen-bond acceptors (Lipinski definition) is 9. The number of aromatic nitrogens is 2. The van der Waals surface area contributed by atoms with Crippen LogP contribution < -0.4 is 16.0 Å². The second-order valence-corrected chi connectivity index (χ2v) is 14.1. The van der Waals surface area contributed by atoms with Crippen molar-refractivity contribution in [1.82, 2.24) is 30.8 Å². The summed E-state index contributed by atoms with van der Waals surface area (Å²) in [5.41, 5.74) is 4.46. The Hall–Kier alpha value is -4.62. The van der Waals surface area contributed by atoms with Gasteiger partial charge in [0, 0.05) is 36.6 Å². The molecule has 0 saturated heterocycles. The highest BCUT2D eigenvalue weighted by Gasteiger charge is 2.29. The normalized spacial score (nSPS) is 12.8. The maximum Gasteiger partial charge on any atom is 0.407 e. The number of rotatable bonds is 17. The second kappa shape index (κ2) is 18.8. The van der Waals surface area contributed by atoms with Gasteiger partial charge in [0.2, 0.25) is 0 Å². The fraction of sp³-hybridized carbons (Fsp3) is 0.389. The molecule has 0 aliphatic carbocycles. The summed E-state index contributed by atoms with van der Waals surface area (Å²) in [6.07, 6.45) is 3.15. The molecule has 0 saturated carbocycles. The van der Waals surface area contributed by atoms with Crippen molar-refractivity contribution < 1.29 is 23.9 Å². The molecule has 0 radical (unpaired) electrons. The first-order valence-corrected chi connectivity index (χ1v) is 18.0. The van der Waals surface area contributed by atoms with Crippen LogP contribution in [-0.4, -0.2) is 63.9 Å². The van der Waals surface area contributed by atoms with E-state index >= 15 is 0 Å². The van der Waals surface area contributed by atoms with E-state index in [1.54, 1.807) is 18.8 Å². The van der Waals surface area contributed by atoms with Gasteiger partial charge in [-0.25, -0.2) is 14.6 Å². The van der Waals surface area contributed by atoms with Gasteiger partial charge in [-0.05, 0) is 43.7 Å². The van der Waals surface area contributed by atoms with E-state index in [0.717, 1.165) is 26.7 Å². The van der Waals surface area contributed by atoms with Crippen molar-refractivity contribution in [2.75, 3.05) is 7.05 Å². The van der Waals surface area contributed by atoms with Crippen molar-refractivity contribution >= 4 is 46.5 Å². The van der Waals surface area contributed by atoms with E-state index in [4.69, 9.17) is 4.74 Å². The number of carbonyl (C=O) groups is 4. The SMILES string of the molecule is CC(=O)C(NC(=O)N(C)Cc1csc(C(C)C)n1)C(=O)NC(CCC(Cc1ccccc1)NC(=O)OCc1cncs1)Cc1ccccc1. The van der Waals surface area contributed by atoms with Gasteiger partial charge in [-0.3, -0.25) is 14.6 Å². The van der Waals surface area contributed by atoms with Crippen LogP contribution in [0, 0.1) is 0 Å². The van der Waals surface area contributed by atoms with Crippen LogP contribution in [0.5, 0.6) is 0 Å². The standard InChI is InChI=1S/C36H44N6O5S2/c1-24(2)34-39-30(22-48-34)20-42(4)35(45)41-32(25(3)43)33(44)38-28(17-26-11-7-5-8-12-26)15-16-29(18-27-13-9-6-10-14-27)40-36(46)47-21-31-19-37-23-49-31/h5-14,19,22-24,28-29,32H,15-18,20-21H2,1-4H3,(H,38,44)(H,40,46)(H,41,45). The van der Waals surface area contributed by atoms with Gasteiger partial charge in [0.1, 0.15) is 6.61 Å². The number of ether oxygens (including phenoxy) is 1. The number of ketones is 1. The Morgan fingerprint density at radius 1 is 0.857 bits per heavy atom. The summed E-state index contributed by atoms with van der Waals surface area (Å²) < 4.78 is 5.45. The maximum atomic E-state index is 13.6. The highest BCUT2D eigenvalue weighted by atomic mass is 32.1. The molecule has 4 aromatic rings. The van der Waals surface area contributed by atoms with Crippen LogP contribution in [0.3, 0.4) is 0 Å². The Balaban J connectivity index is 1.43. The number of Topliss-reactive ketones (excluding diaryl/α,β-unsaturated/α-hetero) is 1. The topological polar surface area (TPSA) is 143 Å². The van der Waals surface area contributed by atoms with E-state index < -0.39 is 35.9 Å². The highest BCUT2D eigenvalue weighted by Crippen LogP contribution is 2.20. The summed E-state index contributed by atoms with van der Waals surface area (Å²) in [7, 11) is 1.60. The van der Waals surface area contributed by atoms with Crippen molar-refractivity contribution in [2.45, 2.75) is 83.6 Å². The zero-order chi connectivity index (χ0) is 35.2. The summed E-state index contributed by atoms with van der Waals surface area (Å²) >= 11 is 2.94. The van der Waals surface area contributed by atoms with E-state index in [1.807, 2.05) is 66.0 Å². The number of carbonyl (C=O) groups excluding carboxylic acids is 4. The van der Waals surface area contributed by atoms with Crippen LogP contribution in [0.25, 0.3) is 0 Å². The minimum atomic E-state index is -1.38. The molecule has 3 N–H and O–H groups in total. The molecule has 2 aromatic carbocycles. The summed E-state index contributed by atoms with van der Waals surface area (Å²) in [4.78, 5) is 63.1. The van der Waals surface area contributed by atoms with Gasteiger partial charge < -0.3 is 25.6 Å². The number of thiazole rings is 2. The molecule has 0 aliphatic heterocycles. The summed E-state index contributed by atoms with van der Waals surface area (Å²) in [6.45, 7) is 5.75. The molecule has 0 aliphatic rings. The van der Waals surface area contributed by atoms with E-state index in [1.165, 1.54) is 34.5 Å². The van der Waals surface area contributed by atoms with Crippen LogP contribution in [0.15, 0.2) is 77.8 Å². The van der Waals surface area contributed by atoms with Crippen molar-refractivity contribution in [3.63, 3.8) is 0 Å². The van der Waals surface area contributed by atoms with Gasteiger partial charge in [-0.15, -0.1) is 22.7 Å². The van der Waals surface area contributed by atoms with E-state index in [2.05, 4.69) is 39.8 Å². The third-order valence-electron chi connectivity index (χ3n) is 7.76. The molecule has 0 spiro atoms. The maximum absolute atomic E-state index is 13.6. The van der Waals surface area contributed by atoms with Crippen molar-refractivity contribution in [3.8, 4) is 0 Å². The number of hydrogen-bond donors (Lipinski definition) is 3. The predicted molar refractivity (Wildman–Crippen MR) is 191 cm³/mol. The van der Waals surface area contributed by atoms with Gasteiger partial charge >= 0.3 is 12.1 Å². The molecule has 13 heteroatoms. The third kappa shape index (κ3) is 12.4. The summed E-state index contributed by atoms with van der Waals surface area (Å²) in [5.74, 6) is -0.803. The molecular weight excluding hydrogens is 661 g/mol. The largest absolute Gasteiger partial charge is 0.444 e. The van der Waals surface area contributed by atoms with Crippen LogP contribution in [0.4, 0.5) is 9.59 Å². The average Bonchev–Trinajstić information content (AvgIpc) is 3.78. The number of urea groups is 1. The van der Waals surface area contributed by atoms with Crippen LogP contribution in [0.2, 0.25) is 0 Å². The van der Waals surface area contributed by atoms with Crippen molar-refractivity contribution in [2.24, 2.45) is 0 Å².